The summed E-state index contributed by atoms with van der Waals surface area (Å²) in [5.74, 6) is 2.17. The van der Waals surface area contributed by atoms with Crippen molar-refractivity contribution in [3.63, 3.8) is 0 Å². The SMILES string of the molecule is CC1CCCN(C(N)=NCC2CCCN(Cc3cccs3)C2)C1.I. The molecule has 0 bridgehead atoms. The first-order valence-electron chi connectivity index (χ1n) is 9.00. The molecule has 3 rings (SSSR count). The third-order valence-electron chi connectivity index (χ3n) is 5.06. The van der Waals surface area contributed by atoms with E-state index in [1.807, 2.05) is 11.3 Å². The molecule has 2 N–H and O–H groups in total. The Morgan fingerprint density at radius 1 is 1.29 bits per heavy atom. The molecule has 0 aliphatic carbocycles. The molecule has 0 spiro atoms. The summed E-state index contributed by atoms with van der Waals surface area (Å²) in [5.41, 5.74) is 6.24. The number of thiophene rings is 1. The van der Waals surface area contributed by atoms with Crippen LogP contribution >= 0.6 is 35.3 Å². The minimum absolute atomic E-state index is 0. The second-order valence-corrected chi connectivity index (χ2v) is 8.25. The molecular weight excluding hydrogens is 431 g/mol. The maximum absolute atomic E-state index is 6.24. The maximum Gasteiger partial charge on any atom is 0.191 e. The third kappa shape index (κ3) is 5.88. The van der Waals surface area contributed by atoms with Gasteiger partial charge in [0.25, 0.3) is 0 Å². The van der Waals surface area contributed by atoms with Crippen molar-refractivity contribution in [2.75, 3.05) is 32.7 Å². The second kappa shape index (κ2) is 9.97. The van der Waals surface area contributed by atoms with E-state index >= 15 is 0 Å². The van der Waals surface area contributed by atoms with Gasteiger partial charge >= 0.3 is 0 Å². The molecule has 2 aliphatic rings. The molecule has 1 aromatic heterocycles. The number of likely N-dealkylation sites (tertiary alicyclic amines) is 2. The van der Waals surface area contributed by atoms with Crippen molar-refractivity contribution >= 4 is 41.3 Å². The monoisotopic (exact) mass is 462 g/mol. The van der Waals surface area contributed by atoms with Gasteiger partial charge in [-0.2, -0.15) is 0 Å². The van der Waals surface area contributed by atoms with Gasteiger partial charge in [-0.25, -0.2) is 0 Å². The molecule has 0 radical (unpaired) electrons. The van der Waals surface area contributed by atoms with Crippen LogP contribution in [0.25, 0.3) is 0 Å². The molecule has 2 fully saturated rings. The number of halogens is 1. The number of piperidine rings is 2. The molecule has 2 atom stereocenters. The number of hydrogen-bond acceptors (Lipinski definition) is 3. The van der Waals surface area contributed by atoms with Crippen molar-refractivity contribution in [2.24, 2.45) is 22.6 Å². The molecule has 0 amide bonds. The number of hydrogen-bond donors (Lipinski definition) is 1. The predicted molar refractivity (Wildman–Crippen MR) is 114 cm³/mol. The van der Waals surface area contributed by atoms with E-state index in [2.05, 4.69) is 34.2 Å². The van der Waals surface area contributed by atoms with Gasteiger partial charge in [0.1, 0.15) is 0 Å². The smallest absolute Gasteiger partial charge is 0.191 e. The fraction of sp³-hybridized carbons (Fsp3) is 0.722. The van der Waals surface area contributed by atoms with Gasteiger partial charge in [-0.15, -0.1) is 35.3 Å². The average molecular weight is 462 g/mol. The first kappa shape index (κ1) is 20.0. The summed E-state index contributed by atoms with van der Waals surface area (Å²) in [4.78, 5) is 11.1. The highest BCUT2D eigenvalue weighted by molar-refractivity contribution is 14.0. The van der Waals surface area contributed by atoms with Crippen molar-refractivity contribution in [1.29, 1.82) is 0 Å². The van der Waals surface area contributed by atoms with E-state index in [9.17, 15) is 0 Å². The van der Waals surface area contributed by atoms with E-state index < -0.39 is 0 Å². The first-order valence-corrected chi connectivity index (χ1v) is 9.88. The van der Waals surface area contributed by atoms with Crippen LogP contribution in [0.3, 0.4) is 0 Å². The van der Waals surface area contributed by atoms with Gasteiger partial charge in [0.05, 0.1) is 0 Å². The molecule has 6 heteroatoms. The van der Waals surface area contributed by atoms with Gasteiger partial charge in [0.15, 0.2) is 5.96 Å². The largest absolute Gasteiger partial charge is 0.370 e. The number of aliphatic imine (C=N–C) groups is 1. The van der Waals surface area contributed by atoms with E-state index in [0.717, 1.165) is 44.6 Å². The second-order valence-electron chi connectivity index (χ2n) is 7.22. The van der Waals surface area contributed by atoms with Crippen LogP contribution in [-0.4, -0.2) is 48.5 Å². The molecule has 2 saturated heterocycles. The molecule has 2 unspecified atom stereocenters. The van der Waals surface area contributed by atoms with Crippen LogP contribution in [0, 0.1) is 11.8 Å². The summed E-state index contributed by atoms with van der Waals surface area (Å²) in [6.45, 7) is 8.82. The van der Waals surface area contributed by atoms with Crippen LogP contribution in [0.2, 0.25) is 0 Å². The van der Waals surface area contributed by atoms with E-state index in [4.69, 9.17) is 10.7 Å². The Hall–Kier alpha value is -0.340. The van der Waals surface area contributed by atoms with Gasteiger partial charge in [0, 0.05) is 37.6 Å². The maximum atomic E-state index is 6.24. The van der Waals surface area contributed by atoms with Crippen LogP contribution in [0.5, 0.6) is 0 Å². The lowest BCUT2D eigenvalue weighted by Gasteiger charge is -2.33. The highest BCUT2D eigenvalue weighted by Gasteiger charge is 2.21. The number of guanidine groups is 1. The van der Waals surface area contributed by atoms with E-state index in [1.54, 1.807) is 0 Å². The number of rotatable bonds is 4. The van der Waals surface area contributed by atoms with Crippen molar-refractivity contribution < 1.29 is 0 Å². The lowest BCUT2D eigenvalue weighted by molar-refractivity contribution is 0.172. The Balaban J connectivity index is 0.00000208. The van der Waals surface area contributed by atoms with Crippen molar-refractivity contribution in [1.82, 2.24) is 9.80 Å². The van der Waals surface area contributed by atoms with Crippen LogP contribution in [0.4, 0.5) is 0 Å². The molecule has 24 heavy (non-hydrogen) atoms. The summed E-state index contributed by atoms with van der Waals surface area (Å²) in [6, 6.07) is 4.38. The summed E-state index contributed by atoms with van der Waals surface area (Å²) in [7, 11) is 0. The lowest BCUT2D eigenvalue weighted by Crippen LogP contribution is -2.44. The zero-order chi connectivity index (χ0) is 16.1. The van der Waals surface area contributed by atoms with E-state index in [1.165, 1.54) is 37.1 Å². The van der Waals surface area contributed by atoms with Crippen molar-refractivity contribution in [3.8, 4) is 0 Å². The van der Waals surface area contributed by atoms with Crippen LogP contribution in [-0.2, 0) is 6.54 Å². The molecular formula is C18H31IN4S. The summed E-state index contributed by atoms with van der Waals surface area (Å²) < 4.78 is 0. The van der Waals surface area contributed by atoms with E-state index in [-0.39, 0.29) is 24.0 Å². The number of nitrogens with two attached hydrogens (primary N) is 1. The van der Waals surface area contributed by atoms with Crippen LogP contribution < -0.4 is 5.73 Å². The zero-order valence-electron chi connectivity index (χ0n) is 14.7. The fourth-order valence-corrected chi connectivity index (χ4v) is 4.53. The van der Waals surface area contributed by atoms with Crippen LogP contribution in [0.15, 0.2) is 22.5 Å². The molecule has 4 nitrogen and oxygen atoms in total. The highest BCUT2D eigenvalue weighted by Crippen LogP contribution is 2.21. The quantitative estimate of drug-likeness (QED) is 0.422. The summed E-state index contributed by atoms with van der Waals surface area (Å²) in [6.07, 6.45) is 5.14. The topological polar surface area (TPSA) is 44.9 Å². The highest BCUT2D eigenvalue weighted by atomic mass is 127. The molecule has 3 heterocycles. The van der Waals surface area contributed by atoms with Gasteiger partial charge in [-0.05, 0) is 55.5 Å². The van der Waals surface area contributed by atoms with Gasteiger partial charge in [0.2, 0.25) is 0 Å². The van der Waals surface area contributed by atoms with Crippen molar-refractivity contribution in [3.05, 3.63) is 22.4 Å². The Labute approximate surface area is 167 Å². The third-order valence-corrected chi connectivity index (χ3v) is 5.92. The Morgan fingerprint density at radius 2 is 2.12 bits per heavy atom. The van der Waals surface area contributed by atoms with Gasteiger partial charge in [-0.1, -0.05) is 13.0 Å². The standard InChI is InChI=1S/C18H30N4S.HI/c1-15-5-2-9-22(12-15)18(19)20-11-16-6-3-8-21(13-16)14-17-7-4-10-23-17;/h4,7,10,15-16H,2-3,5-6,8-9,11-14H2,1H3,(H2,19,20);1H. The minimum atomic E-state index is 0. The molecule has 0 aromatic carbocycles. The Bertz CT molecular complexity index is 505. The van der Waals surface area contributed by atoms with Crippen molar-refractivity contribution in [2.45, 2.75) is 39.2 Å². The lowest BCUT2D eigenvalue weighted by atomic mass is 9.98. The number of nitrogens with zero attached hydrogens (tertiary/aromatic N) is 3. The fourth-order valence-electron chi connectivity index (χ4n) is 3.79. The average Bonchev–Trinajstić information content (AvgIpc) is 3.06. The Kier molecular flexibility index (Phi) is 8.30. The van der Waals surface area contributed by atoms with Gasteiger partial charge < -0.3 is 10.6 Å². The molecule has 1 aromatic rings. The molecule has 136 valence electrons. The predicted octanol–water partition coefficient (Wildman–Crippen LogP) is 3.62. The van der Waals surface area contributed by atoms with Crippen LogP contribution in [0.1, 0.15) is 37.5 Å². The zero-order valence-corrected chi connectivity index (χ0v) is 17.8. The summed E-state index contributed by atoms with van der Waals surface area (Å²) in [5, 5.41) is 2.17. The first-order chi connectivity index (χ1) is 11.2. The summed E-state index contributed by atoms with van der Waals surface area (Å²) >= 11 is 1.86. The molecule has 2 aliphatic heterocycles. The van der Waals surface area contributed by atoms with Gasteiger partial charge in [-0.3, -0.25) is 9.89 Å². The Morgan fingerprint density at radius 3 is 2.88 bits per heavy atom. The minimum Gasteiger partial charge on any atom is -0.370 e. The normalized spacial score (nSPS) is 26.2. The van der Waals surface area contributed by atoms with E-state index in [0.29, 0.717) is 5.92 Å². The molecule has 0 saturated carbocycles.